The fourth-order valence-electron chi connectivity index (χ4n) is 3.24. The lowest BCUT2D eigenvalue weighted by molar-refractivity contribution is 0.271. The lowest BCUT2D eigenvalue weighted by atomic mass is 10.2. The fourth-order valence-corrected chi connectivity index (χ4v) is 4.41. The van der Waals surface area contributed by atoms with Crippen molar-refractivity contribution in [2.75, 3.05) is 13.2 Å². The van der Waals surface area contributed by atoms with E-state index >= 15 is 0 Å². The van der Waals surface area contributed by atoms with Gasteiger partial charge in [0.25, 0.3) is 5.56 Å². The van der Waals surface area contributed by atoms with Gasteiger partial charge in [-0.3, -0.25) is 4.79 Å². The minimum atomic E-state index is -0.182. The zero-order valence-corrected chi connectivity index (χ0v) is 20.4. The van der Waals surface area contributed by atoms with Gasteiger partial charge in [-0.25, -0.2) is 0 Å². The second-order valence-electron chi connectivity index (χ2n) is 7.25. The van der Waals surface area contributed by atoms with Gasteiger partial charge in [0.2, 0.25) is 4.96 Å². The van der Waals surface area contributed by atoms with E-state index in [0.29, 0.717) is 34.3 Å². The third-order valence-corrected chi connectivity index (χ3v) is 6.34. The van der Waals surface area contributed by atoms with E-state index in [1.54, 1.807) is 0 Å². The van der Waals surface area contributed by atoms with Gasteiger partial charge in [0.1, 0.15) is 0 Å². The van der Waals surface area contributed by atoms with Crippen LogP contribution in [-0.4, -0.2) is 27.8 Å². The van der Waals surface area contributed by atoms with E-state index in [2.05, 4.69) is 32.9 Å². The molecular formula is C24H24BrN3O3S. The molecule has 4 rings (SSSR count). The summed E-state index contributed by atoms with van der Waals surface area (Å²) in [6.07, 6.45) is 5.14. The lowest BCUT2D eigenvalue weighted by Gasteiger charge is -2.12. The number of rotatable bonds is 9. The third-order valence-electron chi connectivity index (χ3n) is 4.86. The van der Waals surface area contributed by atoms with Crippen LogP contribution in [0.3, 0.4) is 0 Å². The molecule has 0 saturated carbocycles. The molecule has 0 spiro atoms. The SMILES string of the molecule is CCCCCOc1ccc(C=c2sc3nc(-c4ccc(Br)cc4)nn3c2=O)cc1OCC. The van der Waals surface area contributed by atoms with Crippen molar-refractivity contribution in [1.82, 2.24) is 14.6 Å². The van der Waals surface area contributed by atoms with Gasteiger partial charge in [0.05, 0.1) is 17.7 Å². The van der Waals surface area contributed by atoms with Crippen molar-refractivity contribution < 1.29 is 9.47 Å². The summed E-state index contributed by atoms with van der Waals surface area (Å²) in [5.41, 5.74) is 1.55. The first kappa shape index (κ1) is 22.5. The number of thiazole rings is 1. The normalized spacial score (nSPS) is 11.9. The van der Waals surface area contributed by atoms with Crippen LogP contribution in [-0.2, 0) is 0 Å². The Balaban J connectivity index is 1.62. The number of aromatic nitrogens is 3. The predicted octanol–water partition coefficient (Wildman–Crippen LogP) is 5.10. The second-order valence-corrected chi connectivity index (χ2v) is 9.17. The van der Waals surface area contributed by atoms with E-state index in [1.807, 2.05) is 55.5 Å². The summed E-state index contributed by atoms with van der Waals surface area (Å²) in [6, 6.07) is 13.4. The minimum absolute atomic E-state index is 0.182. The molecule has 0 fully saturated rings. The van der Waals surface area contributed by atoms with Gasteiger partial charge in [-0.1, -0.05) is 65.2 Å². The summed E-state index contributed by atoms with van der Waals surface area (Å²) >= 11 is 4.74. The Morgan fingerprint density at radius 1 is 1.06 bits per heavy atom. The highest BCUT2D eigenvalue weighted by Crippen LogP contribution is 2.29. The standard InChI is InChI=1S/C24H24BrN3O3S/c1-3-5-6-13-31-19-12-7-16(14-20(19)30-4-2)15-21-23(29)28-24(32-21)26-22(27-28)17-8-10-18(25)11-9-17/h7-12,14-15H,3-6,13H2,1-2H3. The van der Waals surface area contributed by atoms with Crippen LogP contribution >= 0.6 is 27.3 Å². The first-order valence-electron chi connectivity index (χ1n) is 10.7. The minimum Gasteiger partial charge on any atom is -0.490 e. The zero-order chi connectivity index (χ0) is 22.5. The fraction of sp³-hybridized carbons (Fsp3) is 0.292. The Morgan fingerprint density at radius 2 is 1.88 bits per heavy atom. The monoisotopic (exact) mass is 513 g/mol. The zero-order valence-electron chi connectivity index (χ0n) is 18.0. The smallest absolute Gasteiger partial charge is 0.291 e. The summed E-state index contributed by atoms with van der Waals surface area (Å²) in [6.45, 7) is 5.31. The van der Waals surface area contributed by atoms with Crippen LogP contribution in [0.15, 0.2) is 51.7 Å². The second kappa shape index (κ2) is 10.3. The van der Waals surface area contributed by atoms with Crippen molar-refractivity contribution in [1.29, 1.82) is 0 Å². The van der Waals surface area contributed by atoms with Crippen LogP contribution in [0.4, 0.5) is 0 Å². The van der Waals surface area contributed by atoms with Gasteiger partial charge >= 0.3 is 0 Å². The van der Waals surface area contributed by atoms with Crippen molar-refractivity contribution in [2.45, 2.75) is 33.1 Å². The van der Waals surface area contributed by atoms with Crippen molar-refractivity contribution in [3.8, 4) is 22.9 Å². The first-order valence-corrected chi connectivity index (χ1v) is 12.3. The predicted molar refractivity (Wildman–Crippen MR) is 132 cm³/mol. The maximum Gasteiger partial charge on any atom is 0.291 e. The molecule has 166 valence electrons. The molecule has 0 N–H and O–H groups in total. The van der Waals surface area contributed by atoms with Gasteiger partial charge in [-0.05, 0) is 49.2 Å². The van der Waals surface area contributed by atoms with Crippen LogP contribution in [0.25, 0.3) is 22.4 Å². The van der Waals surface area contributed by atoms with E-state index in [-0.39, 0.29) is 5.56 Å². The van der Waals surface area contributed by atoms with Gasteiger partial charge < -0.3 is 9.47 Å². The molecule has 2 aromatic heterocycles. The average Bonchev–Trinajstić information content (AvgIpc) is 3.33. The number of hydrogen-bond donors (Lipinski definition) is 0. The molecule has 0 saturated heterocycles. The number of hydrogen-bond acceptors (Lipinski definition) is 6. The summed E-state index contributed by atoms with van der Waals surface area (Å²) < 4.78 is 14.6. The Morgan fingerprint density at radius 3 is 2.59 bits per heavy atom. The quantitative estimate of drug-likeness (QED) is 0.291. The van der Waals surface area contributed by atoms with Gasteiger partial charge in [0.15, 0.2) is 17.3 Å². The van der Waals surface area contributed by atoms with Crippen molar-refractivity contribution in [2.24, 2.45) is 0 Å². The van der Waals surface area contributed by atoms with E-state index in [0.717, 1.165) is 40.6 Å². The lowest BCUT2D eigenvalue weighted by Crippen LogP contribution is -2.23. The number of nitrogens with zero attached hydrogens (tertiary/aromatic N) is 3. The molecule has 32 heavy (non-hydrogen) atoms. The van der Waals surface area contributed by atoms with Crippen molar-refractivity contribution >= 4 is 38.3 Å². The number of unbranched alkanes of at least 4 members (excludes halogenated alkanes) is 2. The molecular weight excluding hydrogens is 490 g/mol. The van der Waals surface area contributed by atoms with Crippen LogP contribution in [0, 0.1) is 0 Å². The molecule has 6 nitrogen and oxygen atoms in total. The van der Waals surface area contributed by atoms with Crippen molar-refractivity contribution in [3.05, 3.63) is 67.4 Å². The number of ether oxygens (including phenoxy) is 2. The van der Waals surface area contributed by atoms with Crippen LogP contribution < -0.4 is 19.6 Å². The maximum atomic E-state index is 12.9. The molecule has 0 unspecified atom stereocenters. The Labute approximate surface area is 198 Å². The molecule has 8 heteroatoms. The summed E-state index contributed by atoms with van der Waals surface area (Å²) in [4.78, 5) is 18.0. The van der Waals surface area contributed by atoms with Crippen LogP contribution in [0.1, 0.15) is 38.7 Å². The van der Waals surface area contributed by atoms with Gasteiger partial charge in [0, 0.05) is 10.0 Å². The summed E-state index contributed by atoms with van der Waals surface area (Å²) in [5.74, 6) is 1.95. The van der Waals surface area contributed by atoms with E-state index in [4.69, 9.17) is 9.47 Å². The Kier molecular flexibility index (Phi) is 7.22. The van der Waals surface area contributed by atoms with E-state index in [1.165, 1.54) is 15.9 Å². The average molecular weight is 514 g/mol. The highest BCUT2D eigenvalue weighted by Gasteiger charge is 2.12. The maximum absolute atomic E-state index is 12.9. The summed E-state index contributed by atoms with van der Waals surface area (Å²) in [7, 11) is 0. The molecule has 0 bridgehead atoms. The third kappa shape index (κ3) is 5.02. The largest absolute Gasteiger partial charge is 0.490 e. The Bertz CT molecular complexity index is 1320. The molecule has 0 amide bonds. The molecule has 4 aromatic rings. The highest BCUT2D eigenvalue weighted by atomic mass is 79.9. The molecule has 0 atom stereocenters. The molecule has 0 radical (unpaired) electrons. The molecule has 2 heterocycles. The molecule has 2 aromatic carbocycles. The topological polar surface area (TPSA) is 65.7 Å². The number of halogens is 1. The van der Waals surface area contributed by atoms with Crippen LogP contribution in [0.5, 0.6) is 11.5 Å². The van der Waals surface area contributed by atoms with E-state index in [9.17, 15) is 4.79 Å². The number of fused-ring (bicyclic) bond motifs is 1. The highest BCUT2D eigenvalue weighted by molar-refractivity contribution is 9.10. The number of benzene rings is 2. The molecule has 0 aliphatic carbocycles. The van der Waals surface area contributed by atoms with Crippen molar-refractivity contribution in [3.63, 3.8) is 0 Å². The summed E-state index contributed by atoms with van der Waals surface area (Å²) in [5, 5.41) is 4.41. The van der Waals surface area contributed by atoms with Gasteiger partial charge in [-0.15, -0.1) is 5.10 Å². The first-order chi connectivity index (χ1) is 15.6. The molecule has 0 aliphatic heterocycles. The Hall–Kier alpha value is -2.71. The van der Waals surface area contributed by atoms with Crippen LogP contribution in [0.2, 0.25) is 0 Å². The van der Waals surface area contributed by atoms with E-state index < -0.39 is 0 Å². The van der Waals surface area contributed by atoms with Gasteiger partial charge in [-0.2, -0.15) is 9.50 Å². The molecule has 0 aliphatic rings.